The molecule has 2 amide bonds. The number of rotatable bonds is 4. The number of anilines is 2. The van der Waals surface area contributed by atoms with Gasteiger partial charge >= 0.3 is 0 Å². The van der Waals surface area contributed by atoms with Crippen LogP contribution in [0.2, 0.25) is 0 Å². The molecule has 0 radical (unpaired) electrons. The van der Waals surface area contributed by atoms with Gasteiger partial charge < -0.3 is 15.6 Å². The van der Waals surface area contributed by atoms with Gasteiger partial charge in [0.1, 0.15) is 11.6 Å². The molecule has 3 N–H and O–H groups in total. The summed E-state index contributed by atoms with van der Waals surface area (Å²) in [6, 6.07) is 8.26. The maximum absolute atomic E-state index is 13.7. The van der Waals surface area contributed by atoms with Crippen LogP contribution in [0.15, 0.2) is 36.4 Å². The first-order valence-electron chi connectivity index (χ1n) is 7.97. The van der Waals surface area contributed by atoms with Crippen molar-refractivity contribution in [1.82, 2.24) is 4.98 Å². The fraction of sp³-hybridized carbons (Fsp3) is 0.158. The van der Waals surface area contributed by atoms with Crippen LogP contribution in [0.4, 0.5) is 20.2 Å². The van der Waals surface area contributed by atoms with Crippen molar-refractivity contribution in [1.29, 1.82) is 0 Å². The first kappa shape index (κ1) is 17.6. The molecule has 134 valence electrons. The topological polar surface area (TPSA) is 74.0 Å². The lowest BCUT2D eigenvalue weighted by Gasteiger charge is -2.09. The highest BCUT2D eigenvalue weighted by Gasteiger charge is 2.14. The maximum atomic E-state index is 13.7. The van der Waals surface area contributed by atoms with Gasteiger partial charge in [-0.15, -0.1) is 0 Å². The molecule has 1 heterocycles. The third kappa shape index (κ3) is 3.72. The lowest BCUT2D eigenvalue weighted by atomic mass is 10.1. The number of H-pyrrole nitrogens is 1. The Hall–Kier alpha value is -3.22. The minimum absolute atomic E-state index is 0.0133. The van der Waals surface area contributed by atoms with E-state index >= 15 is 0 Å². The molecule has 26 heavy (non-hydrogen) atoms. The highest BCUT2D eigenvalue weighted by Crippen LogP contribution is 2.24. The van der Waals surface area contributed by atoms with Crippen LogP contribution in [0.1, 0.15) is 18.2 Å². The minimum atomic E-state index is -0.596. The van der Waals surface area contributed by atoms with E-state index in [2.05, 4.69) is 15.6 Å². The van der Waals surface area contributed by atoms with Gasteiger partial charge in [0.15, 0.2) is 0 Å². The number of amides is 2. The van der Waals surface area contributed by atoms with Crippen molar-refractivity contribution in [3.8, 4) is 0 Å². The third-order valence-electron chi connectivity index (χ3n) is 3.98. The second-order valence-corrected chi connectivity index (χ2v) is 6.02. The first-order chi connectivity index (χ1) is 12.3. The van der Waals surface area contributed by atoms with Gasteiger partial charge in [0, 0.05) is 29.2 Å². The van der Waals surface area contributed by atoms with Gasteiger partial charge in [0.2, 0.25) is 11.8 Å². The number of aryl methyl sites for hydroxylation is 1. The summed E-state index contributed by atoms with van der Waals surface area (Å²) in [5.41, 5.74) is 2.56. The summed E-state index contributed by atoms with van der Waals surface area (Å²) in [5, 5.41) is 5.67. The van der Waals surface area contributed by atoms with E-state index in [1.165, 1.54) is 31.2 Å². The molecule has 7 heteroatoms. The number of fused-ring (bicyclic) bond motifs is 1. The number of nitrogens with one attached hydrogen (secondary N) is 3. The van der Waals surface area contributed by atoms with Crippen LogP contribution in [0.25, 0.3) is 10.9 Å². The summed E-state index contributed by atoms with van der Waals surface area (Å²) in [4.78, 5) is 26.6. The Balaban J connectivity index is 1.81. The number of halogens is 2. The fourth-order valence-electron chi connectivity index (χ4n) is 2.84. The normalized spacial score (nSPS) is 10.8. The van der Waals surface area contributed by atoms with Gasteiger partial charge in [-0.1, -0.05) is 0 Å². The predicted molar refractivity (Wildman–Crippen MR) is 96.0 cm³/mol. The van der Waals surface area contributed by atoms with Crippen molar-refractivity contribution in [2.45, 2.75) is 20.3 Å². The lowest BCUT2D eigenvalue weighted by Crippen LogP contribution is -2.15. The Morgan fingerprint density at radius 2 is 1.85 bits per heavy atom. The SMILES string of the molecule is CC(=O)Nc1cc(NC(=O)Cc2c(C)[nH]c3ccc(F)cc23)ccc1F. The van der Waals surface area contributed by atoms with Crippen LogP contribution < -0.4 is 10.6 Å². The van der Waals surface area contributed by atoms with Gasteiger partial charge in [-0.05, 0) is 48.9 Å². The average molecular weight is 357 g/mol. The summed E-state index contributed by atoms with van der Waals surface area (Å²) < 4.78 is 27.2. The van der Waals surface area contributed by atoms with Crippen LogP contribution in [0.3, 0.4) is 0 Å². The highest BCUT2D eigenvalue weighted by molar-refractivity contribution is 5.97. The van der Waals surface area contributed by atoms with Gasteiger partial charge in [0.05, 0.1) is 12.1 Å². The number of benzene rings is 2. The Kier molecular flexibility index (Phi) is 4.71. The van der Waals surface area contributed by atoms with E-state index in [9.17, 15) is 18.4 Å². The number of carbonyl (C=O) groups is 2. The maximum Gasteiger partial charge on any atom is 0.228 e. The quantitative estimate of drug-likeness (QED) is 0.663. The highest BCUT2D eigenvalue weighted by atomic mass is 19.1. The fourth-order valence-corrected chi connectivity index (χ4v) is 2.84. The molecule has 3 rings (SSSR count). The van der Waals surface area contributed by atoms with E-state index in [1.807, 2.05) is 6.92 Å². The number of carbonyl (C=O) groups excluding carboxylic acids is 2. The second-order valence-electron chi connectivity index (χ2n) is 6.02. The van der Waals surface area contributed by atoms with Crippen molar-refractivity contribution in [2.24, 2.45) is 0 Å². The summed E-state index contributed by atoms with van der Waals surface area (Å²) in [6.45, 7) is 3.08. The van der Waals surface area contributed by atoms with Crippen molar-refractivity contribution >= 4 is 34.1 Å². The molecule has 1 aromatic heterocycles. The summed E-state index contributed by atoms with van der Waals surface area (Å²) in [6.07, 6.45) is 0.0299. The largest absolute Gasteiger partial charge is 0.358 e. The van der Waals surface area contributed by atoms with E-state index < -0.39 is 11.7 Å². The molecule has 0 unspecified atom stereocenters. The molecule has 0 fully saturated rings. The molecule has 0 aliphatic heterocycles. The van der Waals surface area contributed by atoms with E-state index in [-0.39, 0.29) is 23.8 Å². The minimum Gasteiger partial charge on any atom is -0.358 e. The standard InChI is InChI=1S/C19H17F2N3O2/c1-10-14(15-7-12(20)3-6-17(15)22-10)9-19(26)24-13-4-5-16(21)18(8-13)23-11(2)25/h3-8,22H,9H2,1-2H3,(H,23,25)(H,24,26). The zero-order chi connectivity index (χ0) is 18.8. The molecule has 0 spiro atoms. The monoisotopic (exact) mass is 357 g/mol. The van der Waals surface area contributed by atoms with Crippen molar-refractivity contribution < 1.29 is 18.4 Å². The zero-order valence-corrected chi connectivity index (χ0v) is 14.2. The zero-order valence-electron chi connectivity index (χ0n) is 14.2. The molecule has 0 aliphatic rings. The molecule has 2 aromatic carbocycles. The Labute approximate surface area is 148 Å². The Morgan fingerprint density at radius 3 is 2.58 bits per heavy atom. The molecule has 0 atom stereocenters. The van der Waals surface area contributed by atoms with Crippen LogP contribution in [-0.4, -0.2) is 16.8 Å². The Bertz CT molecular complexity index is 1010. The molecular weight excluding hydrogens is 340 g/mol. The molecule has 0 aliphatic carbocycles. The number of aromatic nitrogens is 1. The van der Waals surface area contributed by atoms with Crippen LogP contribution in [0, 0.1) is 18.6 Å². The summed E-state index contributed by atoms with van der Waals surface area (Å²) >= 11 is 0. The van der Waals surface area contributed by atoms with Crippen molar-refractivity contribution in [3.05, 3.63) is 59.3 Å². The van der Waals surface area contributed by atoms with E-state index in [1.54, 1.807) is 6.07 Å². The molecular formula is C19H17F2N3O2. The number of aromatic amines is 1. The number of hydrogen-bond acceptors (Lipinski definition) is 2. The summed E-state index contributed by atoms with van der Waals surface area (Å²) in [5.74, 6) is -1.72. The van der Waals surface area contributed by atoms with E-state index in [0.29, 0.717) is 16.6 Å². The predicted octanol–water partition coefficient (Wildman–Crippen LogP) is 3.89. The van der Waals surface area contributed by atoms with Gasteiger partial charge in [0.25, 0.3) is 0 Å². The molecule has 5 nitrogen and oxygen atoms in total. The number of hydrogen-bond donors (Lipinski definition) is 3. The van der Waals surface area contributed by atoms with Crippen molar-refractivity contribution in [2.75, 3.05) is 10.6 Å². The molecule has 0 bridgehead atoms. The van der Waals surface area contributed by atoms with E-state index in [4.69, 9.17) is 0 Å². The average Bonchev–Trinajstić information content (AvgIpc) is 2.85. The van der Waals surface area contributed by atoms with Crippen molar-refractivity contribution in [3.63, 3.8) is 0 Å². The summed E-state index contributed by atoms with van der Waals surface area (Å²) in [7, 11) is 0. The van der Waals surface area contributed by atoms with Crippen LogP contribution in [-0.2, 0) is 16.0 Å². The molecule has 0 saturated carbocycles. The van der Waals surface area contributed by atoms with Gasteiger partial charge in [-0.2, -0.15) is 0 Å². The lowest BCUT2D eigenvalue weighted by molar-refractivity contribution is -0.115. The second kappa shape index (κ2) is 6.95. The Morgan fingerprint density at radius 1 is 1.08 bits per heavy atom. The van der Waals surface area contributed by atoms with Crippen LogP contribution >= 0.6 is 0 Å². The van der Waals surface area contributed by atoms with E-state index in [0.717, 1.165) is 17.3 Å². The van der Waals surface area contributed by atoms with Gasteiger partial charge in [-0.25, -0.2) is 8.78 Å². The van der Waals surface area contributed by atoms with Gasteiger partial charge in [-0.3, -0.25) is 9.59 Å². The smallest absolute Gasteiger partial charge is 0.228 e. The molecule has 3 aromatic rings. The van der Waals surface area contributed by atoms with Crippen LogP contribution in [0.5, 0.6) is 0 Å². The first-order valence-corrected chi connectivity index (χ1v) is 7.97. The third-order valence-corrected chi connectivity index (χ3v) is 3.98. The molecule has 0 saturated heterocycles.